The maximum atomic E-state index is 13.9. The molecule has 1 aliphatic heterocycles. The van der Waals surface area contributed by atoms with Crippen molar-refractivity contribution in [1.82, 2.24) is 9.13 Å². The largest absolute Gasteiger partial charge is 0.497 e. The Kier molecular flexibility index (Phi) is 6.17. The van der Waals surface area contributed by atoms with Gasteiger partial charge in [-0.25, -0.2) is 9.36 Å². The Bertz CT molecular complexity index is 1610. The highest BCUT2D eigenvalue weighted by Crippen LogP contribution is 2.31. The number of benzene rings is 2. The molecule has 186 valence electrons. The lowest BCUT2D eigenvalue weighted by Crippen LogP contribution is -2.44. The molecular weight excluding hydrogens is 478 g/mol. The summed E-state index contributed by atoms with van der Waals surface area (Å²) in [5.41, 5.74) is 2.06. The lowest BCUT2D eigenvalue weighted by molar-refractivity contribution is -0.119. The standard InChI is InChI=1S/C27H27N3O5S/c1-16-17(2)36-26-24(16)25(32)30(21-12-11-19(34-3)14-22(21)35-4)27(33)29(26)15-23(31)28-13-7-9-18-8-5-6-10-20(18)28/h5-6,8,10-12,14H,7,9,13,15H2,1-4H3. The molecule has 0 fully saturated rings. The van der Waals surface area contributed by atoms with Crippen molar-refractivity contribution in [2.75, 3.05) is 25.7 Å². The van der Waals surface area contributed by atoms with Crippen molar-refractivity contribution in [3.63, 3.8) is 0 Å². The number of amides is 1. The van der Waals surface area contributed by atoms with E-state index in [1.807, 2.05) is 38.1 Å². The normalized spacial score (nSPS) is 13.1. The molecule has 2 aromatic carbocycles. The third-order valence-corrected chi connectivity index (χ3v) is 8.01. The molecule has 0 atom stereocenters. The minimum atomic E-state index is -0.587. The zero-order valence-electron chi connectivity index (χ0n) is 20.7. The summed E-state index contributed by atoms with van der Waals surface area (Å²) in [7, 11) is 3.00. The molecule has 1 aliphatic rings. The van der Waals surface area contributed by atoms with E-state index in [9.17, 15) is 14.4 Å². The number of nitrogens with zero attached hydrogens (tertiary/aromatic N) is 3. The van der Waals surface area contributed by atoms with Gasteiger partial charge in [-0.2, -0.15) is 0 Å². The fourth-order valence-electron chi connectivity index (χ4n) is 4.79. The number of ether oxygens (including phenoxy) is 2. The summed E-state index contributed by atoms with van der Waals surface area (Å²) < 4.78 is 13.3. The number of carbonyl (C=O) groups is 1. The van der Waals surface area contributed by atoms with E-state index in [1.54, 1.807) is 23.1 Å². The molecule has 4 aromatic rings. The number of thiophene rings is 1. The van der Waals surface area contributed by atoms with E-state index in [1.165, 1.54) is 30.1 Å². The van der Waals surface area contributed by atoms with Crippen LogP contribution in [0.2, 0.25) is 0 Å². The zero-order chi connectivity index (χ0) is 25.6. The molecule has 0 N–H and O–H groups in total. The summed E-state index contributed by atoms with van der Waals surface area (Å²) in [6.07, 6.45) is 1.77. The molecule has 9 heteroatoms. The number of para-hydroxylation sites is 1. The van der Waals surface area contributed by atoms with E-state index in [2.05, 4.69) is 0 Å². The Labute approximate surface area is 211 Å². The summed E-state index contributed by atoms with van der Waals surface area (Å²) >= 11 is 1.36. The molecule has 8 nitrogen and oxygen atoms in total. The summed E-state index contributed by atoms with van der Waals surface area (Å²) in [6.45, 7) is 4.18. The minimum absolute atomic E-state index is 0.179. The van der Waals surface area contributed by atoms with Crippen molar-refractivity contribution in [3.8, 4) is 17.2 Å². The molecule has 0 radical (unpaired) electrons. The Morgan fingerprint density at radius 1 is 1.03 bits per heavy atom. The van der Waals surface area contributed by atoms with Crippen molar-refractivity contribution in [2.24, 2.45) is 0 Å². The summed E-state index contributed by atoms with van der Waals surface area (Å²) in [5.74, 6) is 0.660. The minimum Gasteiger partial charge on any atom is -0.497 e. The van der Waals surface area contributed by atoms with Crippen LogP contribution in [0.25, 0.3) is 15.9 Å². The predicted octanol–water partition coefficient (Wildman–Crippen LogP) is 3.83. The molecular formula is C27H27N3O5S. The van der Waals surface area contributed by atoms with Crippen molar-refractivity contribution in [3.05, 3.63) is 79.3 Å². The van der Waals surface area contributed by atoms with Gasteiger partial charge in [0.1, 0.15) is 22.9 Å². The Balaban J connectivity index is 1.70. The number of carbonyl (C=O) groups excluding carboxylic acids is 1. The smallest absolute Gasteiger partial charge is 0.337 e. The number of methoxy groups -OCH3 is 2. The number of hydrogen-bond acceptors (Lipinski definition) is 6. The van der Waals surface area contributed by atoms with Gasteiger partial charge in [0, 0.05) is 23.2 Å². The molecule has 3 heterocycles. The maximum absolute atomic E-state index is 13.9. The maximum Gasteiger partial charge on any atom is 0.337 e. The SMILES string of the molecule is COc1ccc(-n2c(=O)c3c(C)c(C)sc3n(CC(=O)N3CCCc4ccccc43)c2=O)c(OC)c1. The van der Waals surface area contributed by atoms with Crippen LogP contribution >= 0.6 is 11.3 Å². The van der Waals surface area contributed by atoms with Crippen LogP contribution in [0.1, 0.15) is 22.4 Å². The second kappa shape index (κ2) is 9.31. The second-order valence-corrected chi connectivity index (χ2v) is 9.99. The zero-order valence-corrected chi connectivity index (χ0v) is 21.5. The van der Waals surface area contributed by atoms with Crippen LogP contribution in [0.3, 0.4) is 0 Å². The van der Waals surface area contributed by atoms with Crippen LogP contribution < -0.4 is 25.6 Å². The van der Waals surface area contributed by atoms with Gasteiger partial charge in [-0.05, 0) is 56.0 Å². The highest BCUT2D eigenvalue weighted by atomic mass is 32.1. The van der Waals surface area contributed by atoms with E-state index in [4.69, 9.17) is 9.47 Å². The van der Waals surface area contributed by atoms with Crippen molar-refractivity contribution in [1.29, 1.82) is 0 Å². The molecule has 0 bridgehead atoms. The van der Waals surface area contributed by atoms with E-state index in [-0.39, 0.29) is 12.5 Å². The van der Waals surface area contributed by atoms with Crippen LogP contribution in [0.5, 0.6) is 11.5 Å². The second-order valence-electron chi connectivity index (χ2n) is 8.79. The first-order valence-electron chi connectivity index (χ1n) is 11.7. The van der Waals surface area contributed by atoms with Gasteiger partial charge in [0.25, 0.3) is 5.56 Å². The molecule has 0 saturated carbocycles. The molecule has 0 spiro atoms. The summed E-state index contributed by atoms with van der Waals surface area (Å²) in [5, 5.41) is 0.432. The summed E-state index contributed by atoms with van der Waals surface area (Å²) in [4.78, 5) is 44.3. The first kappa shape index (κ1) is 23.9. The molecule has 36 heavy (non-hydrogen) atoms. The van der Waals surface area contributed by atoms with Crippen LogP contribution in [-0.4, -0.2) is 35.8 Å². The van der Waals surface area contributed by atoms with Gasteiger partial charge in [0.15, 0.2) is 0 Å². The van der Waals surface area contributed by atoms with E-state index in [0.29, 0.717) is 33.9 Å². The third kappa shape index (κ3) is 3.80. The van der Waals surface area contributed by atoms with E-state index >= 15 is 0 Å². The van der Waals surface area contributed by atoms with Gasteiger partial charge in [-0.1, -0.05) is 18.2 Å². The number of hydrogen-bond donors (Lipinski definition) is 0. The van der Waals surface area contributed by atoms with E-state index in [0.717, 1.165) is 39.1 Å². The molecule has 2 aromatic heterocycles. The number of fused-ring (bicyclic) bond motifs is 2. The highest BCUT2D eigenvalue weighted by Gasteiger charge is 2.26. The number of aromatic nitrogens is 2. The lowest BCUT2D eigenvalue weighted by Gasteiger charge is -2.29. The summed E-state index contributed by atoms with van der Waals surface area (Å²) in [6, 6.07) is 12.8. The first-order valence-corrected chi connectivity index (χ1v) is 12.5. The van der Waals surface area contributed by atoms with Crippen LogP contribution in [-0.2, 0) is 17.8 Å². The monoisotopic (exact) mass is 505 g/mol. The topological polar surface area (TPSA) is 82.8 Å². The molecule has 0 aliphatic carbocycles. The number of rotatable bonds is 5. The molecule has 0 unspecified atom stereocenters. The molecule has 5 rings (SSSR count). The first-order chi connectivity index (χ1) is 17.3. The Morgan fingerprint density at radius 2 is 1.81 bits per heavy atom. The Hall–Kier alpha value is -3.85. The van der Waals surface area contributed by atoms with Gasteiger partial charge in [-0.3, -0.25) is 14.2 Å². The lowest BCUT2D eigenvalue weighted by atomic mass is 10.0. The van der Waals surface area contributed by atoms with E-state index < -0.39 is 11.2 Å². The van der Waals surface area contributed by atoms with Gasteiger partial charge in [0.2, 0.25) is 5.91 Å². The van der Waals surface area contributed by atoms with Crippen LogP contribution in [0.15, 0.2) is 52.1 Å². The molecule has 1 amide bonds. The quantitative estimate of drug-likeness (QED) is 0.412. The average Bonchev–Trinajstić information content (AvgIpc) is 3.20. The number of aryl methyl sites for hydroxylation is 3. The van der Waals surface area contributed by atoms with Gasteiger partial charge >= 0.3 is 5.69 Å². The van der Waals surface area contributed by atoms with Crippen LogP contribution in [0, 0.1) is 13.8 Å². The molecule has 0 saturated heterocycles. The van der Waals surface area contributed by atoms with Crippen molar-refractivity contribution < 1.29 is 14.3 Å². The Morgan fingerprint density at radius 3 is 2.56 bits per heavy atom. The van der Waals surface area contributed by atoms with Crippen molar-refractivity contribution in [2.45, 2.75) is 33.2 Å². The van der Waals surface area contributed by atoms with Gasteiger partial charge in [-0.15, -0.1) is 11.3 Å². The third-order valence-electron chi connectivity index (χ3n) is 6.78. The fourth-order valence-corrected chi connectivity index (χ4v) is 5.93. The predicted molar refractivity (Wildman–Crippen MR) is 141 cm³/mol. The van der Waals surface area contributed by atoms with Gasteiger partial charge in [0.05, 0.1) is 25.3 Å². The average molecular weight is 506 g/mol. The van der Waals surface area contributed by atoms with Crippen molar-refractivity contribution >= 4 is 33.1 Å². The van der Waals surface area contributed by atoms with Gasteiger partial charge < -0.3 is 14.4 Å². The highest BCUT2D eigenvalue weighted by molar-refractivity contribution is 7.18. The van der Waals surface area contributed by atoms with Crippen LogP contribution in [0.4, 0.5) is 5.69 Å². The number of anilines is 1. The fraction of sp³-hybridized carbons (Fsp3) is 0.296.